The van der Waals surface area contributed by atoms with Crippen LogP contribution in [0.5, 0.6) is 0 Å². The van der Waals surface area contributed by atoms with Crippen molar-refractivity contribution in [3.63, 3.8) is 0 Å². The molecule has 2 heteroatoms. The number of pyridine rings is 1. The van der Waals surface area contributed by atoms with E-state index in [1.165, 1.54) is 0 Å². The molecule has 0 unspecified atom stereocenters. The van der Waals surface area contributed by atoms with Gasteiger partial charge in [-0.1, -0.05) is 24.1 Å². The monoisotopic (exact) mass is 194 g/mol. The molecule has 1 aromatic heterocycles. The lowest BCUT2D eigenvalue weighted by Crippen LogP contribution is -1.91. The lowest BCUT2D eigenvalue weighted by molar-refractivity contribution is 1.29. The summed E-state index contributed by atoms with van der Waals surface area (Å²) < 4.78 is 0. The predicted octanol–water partition coefficient (Wildman–Crippen LogP) is 2.06. The standard InChI is InChI=1S/C13H10N2/c14-12-7-4-10-15-13(12)9-8-11-5-2-1-3-6-11/h1-7,10H,14H2. The van der Waals surface area contributed by atoms with Gasteiger partial charge in [0.25, 0.3) is 0 Å². The summed E-state index contributed by atoms with van der Waals surface area (Å²) in [7, 11) is 0. The predicted molar refractivity (Wildman–Crippen MR) is 61.1 cm³/mol. The summed E-state index contributed by atoms with van der Waals surface area (Å²) in [6, 6.07) is 13.3. The zero-order valence-corrected chi connectivity index (χ0v) is 8.14. The van der Waals surface area contributed by atoms with Crippen LogP contribution in [-0.2, 0) is 0 Å². The highest BCUT2D eigenvalue weighted by Crippen LogP contribution is 2.05. The van der Waals surface area contributed by atoms with Crippen LogP contribution in [0.3, 0.4) is 0 Å². The summed E-state index contributed by atoms with van der Waals surface area (Å²) >= 11 is 0. The third kappa shape index (κ3) is 2.35. The van der Waals surface area contributed by atoms with E-state index in [2.05, 4.69) is 16.8 Å². The first-order valence-electron chi connectivity index (χ1n) is 4.64. The minimum atomic E-state index is 0.612. The molecular formula is C13H10N2. The van der Waals surface area contributed by atoms with E-state index in [1.807, 2.05) is 30.3 Å². The quantitative estimate of drug-likeness (QED) is 0.652. The van der Waals surface area contributed by atoms with Crippen molar-refractivity contribution in [1.82, 2.24) is 4.98 Å². The summed E-state index contributed by atoms with van der Waals surface area (Å²) in [4.78, 5) is 4.09. The van der Waals surface area contributed by atoms with E-state index >= 15 is 0 Å². The van der Waals surface area contributed by atoms with Gasteiger partial charge in [-0.05, 0) is 30.2 Å². The Hall–Kier alpha value is -2.27. The first kappa shape index (κ1) is 9.29. The summed E-state index contributed by atoms with van der Waals surface area (Å²) in [5.74, 6) is 5.95. The Morgan fingerprint density at radius 2 is 1.73 bits per heavy atom. The van der Waals surface area contributed by atoms with Gasteiger partial charge in [0.05, 0.1) is 5.69 Å². The van der Waals surface area contributed by atoms with Crippen molar-refractivity contribution in [1.29, 1.82) is 0 Å². The second-order valence-electron chi connectivity index (χ2n) is 3.06. The molecule has 0 bridgehead atoms. The molecule has 0 amide bonds. The van der Waals surface area contributed by atoms with Crippen molar-refractivity contribution in [2.24, 2.45) is 0 Å². The molecule has 0 aliphatic carbocycles. The van der Waals surface area contributed by atoms with Gasteiger partial charge in [-0.15, -0.1) is 0 Å². The lowest BCUT2D eigenvalue weighted by Gasteiger charge is -1.93. The molecule has 1 aromatic carbocycles. The Labute approximate surface area is 88.8 Å². The molecule has 72 valence electrons. The van der Waals surface area contributed by atoms with Crippen molar-refractivity contribution in [2.75, 3.05) is 5.73 Å². The average Bonchev–Trinajstić information content (AvgIpc) is 2.29. The Bertz CT molecular complexity index is 507. The first-order valence-corrected chi connectivity index (χ1v) is 4.64. The Morgan fingerprint density at radius 3 is 2.47 bits per heavy atom. The van der Waals surface area contributed by atoms with E-state index in [4.69, 9.17) is 5.73 Å². The van der Waals surface area contributed by atoms with Gasteiger partial charge in [-0.2, -0.15) is 0 Å². The fourth-order valence-electron chi connectivity index (χ4n) is 1.18. The molecule has 0 radical (unpaired) electrons. The fraction of sp³-hybridized carbons (Fsp3) is 0. The molecule has 0 saturated carbocycles. The van der Waals surface area contributed by atoms with Crippen LogP contribution in [0, 0.1) is 11.8 Å². The van der Waals surface area contributed by atoms with Crippen LogP contribution in [0.2, 0.25) is 0 Å². The SMILES string of the molecule is Nc1cccnc1C#Cc1ccccc1. The van der Waals surface area contributed by atoms with Crippen LogP contribution in [0.1, 0.15) is 11.3 Å². The molecule has 1 heterocycles. The molecule has 0 atom stereocenters. The molecule has 0 aliphatic rings. The van der Waals surface area contributed by atoms with E-state index in [9.17, 15) is 0 Å². The van der Waals surface area contributed by atoms with Gasteiger partial charge in [0, 0.05) is 11.8 Å². The number of hydrogen-bond acceptors (Lipinski definition) is 2. The zero-order chi connectivity index (χ0) is 10.5. The highest BCUT2D eigenvalue weighted by molar-refractivity contribution is 5.53. The number of nitrogen functional groups attached to an aromatic ring is 1. The molecule has 2 N–H and O–H groups in total. The number of nitrogens with zero attached hydrogens (tertiary/aromatic N) is 1. The maximum absolute atomic E-state index is 5.72. The van der Waals surface area contributed by atoms with Crippen LogP contribution in [0.4, 0.5) is 5.69 Å². The summed E-state index contributed by atoms with van der Waals surface area (Å²) in [5, 5.41) is 0. The second-order valence-corrected chi connectivity index (χ2v) is 3.06. The number of benzene rings is 1. The third-order valence-corrected chi connectivity index (χ3v) is 1.94. The number of rotatable bonds is 0. The van der Waals surface area contributed by atoms with Gasteiger partial charge in [-0.25, -0.2) is 4.98 Å². The Balaban J connectivity index is 2.31. The number of nitrogens with two attached hydrogens (primary N) is 1. The number of anilines is 1. The Kier molecular flexibility index (Phi) is 2.66. The molecule has 0 aliphatic heterocycles. The summed E-state index contributed by atoms with van der Waals surface area (Å²) in [6.45, 7) is 0. The van der Waals surface area contributed by atoms with E-state index in [1.54, 1.807) is 18.3 Å². The van der Waals surface area contributed by atoms with E-state index < -0.39 is 0 Å². The zero-order valence-electron chi connectivity index (χ0n) is 8.14. The van der Waals surface area contributed by atoms with E-state index in [-0.39, 0.29) is 0 Å². The number of aromatic nitrogens is 1. The highest BCUT2D eigenvalue weighted by atomic mass is 14.7. The minimum absolute atomic E-state index is 0.612. The van der Waals surface area contributed by atoms with Crippen LogP contribution in [0.25, 0.3) is 0 Å². The first-order chi connectivity index (χ1) is 7.36. The Morgan fingerprint density at radius 1 is 0.933 bits per heavy atom. The highest BCUT2D eigenvalue weighted by Gasteiger charge is 1.92. The van der Waals surface area contributed by atoms with Crippen LogP contribution >= 0.6 is 0 Å². The molecule has 0 saturated heterocycles. The van der Waals surface area contributed by atoms with Crippen LogP contribution in [-0.4, -0.2) is 4.98 Å². The molecular weight excluding hydrogens is 184 g/mol. The lowest BCUT2D eigenvalue weighted by atomic mass is 10.2. The fourth-order valence-corrected chi connectivity index (χ4v) is 1.18. The van der Waals surface area contributed by atoms with Crippen LogP contribution < -0.4 is 5.73 Å². The van der Waals surface area contributed by atoms with E-state index in [0.717, 1.165) is 5.56 Å². The maximum atomic E-state index is 5.72. The largest absolute Gasteiger partial charge is 0.396 e. The van der Waals surface area contributed by atoms with Gasteiger partial charge in [0.2, 0.25) is 0 Å². The van der Waals surface area contributed by atoms with Crippen molar-refractivity contribution < 1.29 is 0 Å². The van der Waals surface area contributed by atoms with E-state index in [0.29, 0.717) is 11.4 Å². The topological polar surface area (TPSA) is 38.9 Å². The smallest absolute Gasteiger partial charge is 0.136 e. The molecule has 2 rings (SSSR count). The van der Waals surface area contributed by atoms with Crippen molar-refractivity contribution >= 4 is 5.69 Å². The molecule has 15 heavy (non-hydrogen) atoms. The molecule has 0 fully saturated rings. The van der Waals surface area contributed by atoms with Crippen molar-refractivity contribution in [3.05, 3.63) is 59.9 Å². The average molecular weight is 194 g/mol. The van der Waals surface area contributed by atoms with Crippen LogP contribution in [0.15, 0.2) is 48.7 Å². The molecule has 2 aromatic rings. The minimum Gasteiger partial charge on any atom is -0.396 e. The molecule has 0 spiro atoms. The van der Waals surface area contributed by atoms with Crippen molar-refractivity contribution in [2.45, 2.75) is 0 Å². The van der Waals surface area contributed by atoms with Gasteiger partial charge in [-0.3, -0.25) is 0 Å². The summed E-state index contributed by atoms with van der Waals surface area (Å²) in [6.07, 6.45) is 1.69. The van der Waals surface area contributed by atoms with Gasteiger partial charge >= 0.3 is 0 Å². The van der Waals surface area contributed by atoms with Gasteiger partial charge in [0.15, 0.2) is 0 Å². The second kappa shape index (κ2) is 4.30. The summed E-state index contributed by atoms with van der Waals surface area (Å²) in [5.41, 5.74) is 7.92. The maximum Gasteiger partial charge on any atom is 0.136 e. The third-order valence-electron chi connectivity index (χ3n) is 1.94. The molecule has 2 nitrogen and oxygen atoms in total. The normalized spacial score (nSPS) is 9.07. The number of hydrogen-bond donors (Lipinski definition) is 1. The van der Waals surface area contributed by atoms with Gasteiger partial charge in [0.1, 0.15) is 5.69 Å². The van der Waals surface area contributed by atoms with Gasteiger partial charge < -0.3 is 5.73 Å². The van der Waals surface area contributed by atoms with Crippen molar-refractivity contribution in [3.8, 4) is 11.8 Å².